The van der Waals surface area contributed by atoms with Crippen molar-refractivity contribution in [3.8, 4) is 0 Å². The average molecular weight is 182 g/mol. The van der Waals surface area contributed by atoms with Crippen LogP contribution in [-0.4, -0.2) is 23.0 Å². The Morgan fingerprint density at radius 3 is 2.92 bits per heavy atom. The third kappa shape index (κ3) is 1.67. The highest BCUT2D eigenvalue weighted by Gasteiger charge is 2.14. The number of aromatic nitrogens is 1. The summed E-state index contributed by atoms with van der Waals surface area (Å²) in [5, 5.41) is 3.46. The monoisotopic (exact) mass is 182 g/mol. The Bertz CT molecular complexity index is 253. The lowest BCUT2D eigenvalue weighted by Crippen LogP contribution is -2.36. The number of rotatable bonds is 3. The van der Waals surface area contributed by atoms with Crippen molar-refractivity contribution in [2.24, 2.45) is 0 Å². The number of aryl methyl sites for hydroxylation is 1. The van der Waals surface area contributed by atoms with Gasteiger partial charge in [-0.15, -0.1) is 11.3 Å². The van der Waals surface area contributed by atoms with Gasteiger partial charge < -0.3 is 0 Å². The molecule has 1 aromatic rings. The predicted molar refractivity (Wildman–Crippen MR) is 51.4 cm³/mol. The van der Waals surface area contributed by atoms with Crippen molar-refractivity contribution in [3.63, 3.8) is 0 Å². The Morgan fingerprint density at radius 2 is 2.42 bits per heavy atom. The van der Waals surface area contributed by atoms with E-state index in [1.165, 1.54) is 30.2 Å². The van der Waals surface area contributed by atoms with Crippen LogP contribution < -0.4 is 0 Å². The highest BCUT2D eigenvalue weighted by Crippen LogP contribution is 2.15. The van der Waals surface area contributed by atoms with Gasteiger partial charge in [0.1, 0.15) is 0 Å². The van der Waals surface area contributed by atoms with Crippen molar-refractivity contribution in [2.45, 2.75) is 26.3 Å². The fourth-order valence-corrected chi connectivity index (χ4v) is 2.09. The van der Waals surface area contributed by atoms with Gasteiger partial charge in [0.05, 0.1) is 10.7 Å². The van der Waals surface area contributed by atoms with E-state index in [2.05, 4.69) is 22.2 Å². The highest BCUT2D eigenvalue weighted by atomic mass is 32.1. The Kier molecular flexibility index (Phi) is 2.42. The molecule has 0 bridgehead atoms. The molecule has 12 heavy (non-hydrogen) atoms. The minimum absolute atomic E-state index is 1.07. The van der Waals surface area contributed by atoms with Crippen LogP contribution in [0.5, 0.6) is 0 Å². The van der Waals surface area contributed by atoms with Crippen LogP contribution >= 0.6 is 11.3 Å². The minimum atomic E-state index is 1.07. The van der Waals surface area contributed by atoms with Gasteiger partial charge in [-0.05, 0) is 25.9 Å². The molecule has 1 fully saturated rings. The van der Waals surface area contributed by atoms with Crippen LogP contribution in [0.1, 0.15) is 24.0 Å². The molecule has 1 aliphatic heterocycles. The topological polar surface area (TPSA) is 16.1 Å². The lowest BCUT2D eigenvalue weighted by molar-refractivity contribution is 0.171. The first-order valence-corrected chi connectivity index (χ1v) is 5.42. The Balaban J connectivity index is 1.93. The molecule has 2 nitrogen and oxygen atoms in total. The summed E-state index contributed by atoms with van der Waals surface area (Å²) < 4.78 is 0. The maximum absolute atomic E-state index is 4.53. The number of nitrogens with zero attached hydrogens (tertiary/aromatic N) is 2. The van der Waals surface area contributed by atoms with E-state index in [9.17, 15) is 0 Å². The first-order chi connectivity index (χ1) is 5.88. The largest absolute Gasteiger partial charge is 0.297 e. The van der Waals surface area contributed by atoms with Gasteiger partial charge in [-0.1, -0.05) is 6.92 Å². The Labute approximate surface area is 77.2 Å². The number of likely N-dealkylation sites (tertiary alicyclic amines) is 1. The first-order valence-electron chi connectivity index (χ1n) is 4.54. The molecule has 0 aliphatic carbocycles. The molecular formula is C9H14N2S. The highest BCUT2D eigenvalue weighted by molar-refractivity contribution is 7.09. The molecule has 0 atom stereocenters. The SMILES string of the molecule is CCc1nc(CN2CCC2)cs1. The fourth-order valence-electron chi connectivity index (χ4n) is 1.35. The van der Waals surface area contributed by atoms with Crippen molar-refractivity contribution in [3.05, 3.63) is 16.1 Å². The molecule has 0 aromatic carbocycles. The lowest BCUT2D eigenvalue weighted by atomic mass is 10.2. The van der Waals surface area contributed by atoms with Crippen LogP contribution in [0.3, 0.4) is 0 Å². The summed E-state index contributed by atoms with van der Waals surface area (Å²) in [5.41, 5.74) is 1.26. The van der Waals surface area contributed by atoms with E-state index >= 15 is 0 Å². The van der Waals surface area contributed by atoms with Crippen LogP contribution in [0.25, 0.3) is 0 Å². The molecule has 1 saturated heterocycles. The zero-order valence-corrected chi connectivity index (χ0v) is 8.23. The summed E-state index contributed by atoms with van der Waals surface area (Å²) in [7, 11) is 0. The smallest absolute Gasteiger partial charge is 0.0926 e. The number of hydrogen-bond acceptors (Lipinski definition) is 3. The summed E-state index contributed by atoms with van der Waals surface area (Å²) in [6.07, 6.45) is 2.44. The van der Waals surface area contributed by atoms with Crippen LogP contribution in [0.4, 0.5) is 0 Å². The second-order valence-corrected chi connectivity index (χ2v) is 4.16. The second kappa shape index (κ2) is 3.54. The predicted octanol–water partition coefficient (Wildman–Crippen LogP) is 1.91. The van der Waals surface area contributed by atoms with E-state index in [1.54, 1.807) is 11.3 Å². The molecule has 0 N–H and O–H groups in total. The first kappa shape index (κ1) is 8.20. The molecule has 0 radical (unpaired) electrons. The van der Waals surface area contributed by atoms with E-state index in [1.807, 2.05) is 0 Å². The summed E-state index contributed by atoms with van der Waals surface area (Å²) in [6, 6.07) is 0. The molecule has 3 heteroatoms. The lowest BCUT2D eigenvalue weighted by Gasteiger charge is -2.29. The zero-order chi connectivity index (χ0) is 8.39. The minimum Gasteiger partial charge on any atom is -0.297 e. The quantitative estimate of drug-likeness (QED) is 0.710. The summed E-state index contributed by atoms with van der Waals surface area (Å²) >= 11 is 1.79. The molecule has 0 spiro atoms. The van der Waals surface area contributed by atoms with Crippen molar-refractivity contribution >= 4 is 11.3 Å². The zero-order valence-electron chi connectivity index (χ0n) is 7.42. The van der Waals surface area contributed by atoms with Gasteiger partial charge >= 0.3 is 0 Å². The second-order valence-electron chi connectivity index (χ2n) is 3.22. The molecule has 1 aliphatic rings. The van der Waals surface area contributed by atoms with Gasteiger partial charge in [0.25, 0.3) is 0 Å². The third-order valence-corrected chi connectivity index (χ3v) is 3.28. The van der Waals surface area contributed by atoms with Gasteiger partial charge in [-0.3, -0.25) is 4.90 Å². The van der Waals surface area contributed by atoms with Gasteiger partial charge in [0, 0.05) is 11.9 Å². The van der Waals surface area contributed by atoms with Gasteiger partial charge in [0.15, 0.2) is 0 Å². The molecule has 2 rings (SSSR count). The molecule has 66 valence electrons. The van der Waals surface area contributed by atoms with Crippen molar-refractivity contribution in [1.29, 1.82) is 0 Å². The Hall–Kier alpha value is -0.410. The summed E-state index contributed by atoms with van der Waals surface area (Å²) in [6.45, 7) is 5.75. The molecule has 1 aromatic heterocycles. The number of thiazole rings is 1. The molecule has 0 amide bonds. The van der Waals surface area contributed by atoms with E-state index in [0.29, 0.717) is 0 Å². The van der Waals surface area contributed by atoms with E-state index < -0.39 is 0 Å². The van der Waals surface area contributed by atoms with Gasteiger partial charge in [-0.2, -0.15) is 0 Å². The molecule has 0 unspecified atom stereocenters. The third-order valence-electron chi connectivity index (χ3n) is 2.24. The van der Waals surface area contributed by atoms with Crippen LogP contribution in [0, 0.1) is 0 Å². The normalized spacial score (nSPS) is 17.8. The van der Waals surface area contributed by atoms with Crippen molar-refractivity contribution in [1.82, 2.24) is 9.88 Å². The average Bonchev–Trinajstić information content (AvgIpc) is 2.44. The van der Waals surface area contributed by atoms with Crippen LogP contribution in [-0.2, 0) is 13.0 Å². The van der Waals surface area contributed by atoms with Crippen LogP contribution in [0.2, 0.25) is 0 Å². The van der Waals surface area contributed by atoms with Gasteiger partial charge in [-0.25, -0.2) is 4.98 Å². The maximum Gasteiger partial charge on any atom is 0.0926 e. The number of hydrogen-bond donors (Lipinski definition) is 0. The summed E-state index contributed by atoms with van der Waals surface area (Å²) in [4.78, 5) is 6.97. The molecular weight excluding hydrogens is 168 g/mol. The van der Waals surface area contributed by atoms with Gasteiger partial charge in [0.2, 0.25) is 0 Å². The molecule has 0 saturated carbocycles. The van der Waals surface area contributed by atoms with E-state index in [-0.39, 0.29) is 0 Å². The molecule has 2 heterocycles. The van der Waals surface area contributed by atoms with Crippen LogP contribution in [0.15, 0.2) is 5.38 Å². The fraction of sp³-hybridized carbons (Fsp3) is 0.667. The van der Waals surface area contributed by atoms with Crippen molar-refractivity contribution < 1.29 is 0 Å². The van der Waals surface area contributed by atoms with E-state index in [0.717, 1.165) is 13.0 Å². The standard InChI is InChI=1S/C9H14N2S/c1-2-9-10-8(7-12-9)6-11-4-3-5-11/h7H,2-6H2,1H3. The van der Waals surface area contributed by atoms with E-state index in [4.69, 9.17) is 0 Å². The maximum atomic E-state index is 4.53. The Morgan fingerprint density at radius 1 is 1.58 bits per heavy atom. The van der Waals surface area contributed by atoms with Crippen molar-refractivity contribution in [2.75, 3.05) is 13.1 Å². The summed E-state index contributed by atoms with van der Waals surface area (Å²) in [5.74, 6) is 0.